The number of rotatable bonds is 6. The van der Waals surface area contributed by atoms with Crippen molar-refractivity contribution in [3.63, 3.8) is 0 Å². The van der Waals surface area contributed by atoms with E-state index >= 15 is 4.39 Å². The summed E-state index contributed by atoms with van der Waals surface area (Å²) < 4.78 is 22.5. The number of methoxy groups -OCH3 is 1. The lowest BCUT2D eigenvalue weighted by Crippen LogP contribution is -2.34. The van der Waals surface area contributed by atoms with Gasteiger partial charge in [0.05, 0.1) is 18.3 Å². The van der Waals surface area contributed by atoms with E-state index < -0.39 is 5.82 Å². The molecule has 3 aromatic heterocycles. The van der Waals surface area contributed by atoms with Crippen LogP contribution in [0.15, 0.2) is 30.5 Å². The molecular formula is C20H24FN7O. The van der Waals surface area contributed by atoms with Crippen molar-refractivity contribution in [1.82, 2.24) is 24.7 Å². The summed E-state index contributed by atoms with van der Waals surface area (Å²) in [5.74, 6) is 0.627. The fourth-order valence-electron chi connectivity index (χ4n) is 3.66. The second kappa shape index (κ2) is 8.12. The lowest BCUT2D eigenvalue weighted by atomic mass is 10.2. The molecular weight excluding hydrogens is 373 g/mol. The van der Waals surface area contributed by atoms with E-state index in [-0.39, 0.29) is 17.7 Å². The molecule has 0 aromatic carbocycles. The Morgan fingerprint density at radius 3 is 2.83 bits per heavy atom. The fraction of sp³-hybridized carbons (Fsp3) is 0.400. The van der Waals surface area contributed by atoms with Crippen molar-refractivity contribution < 1.29 is 9.13 Å². The molecule has 0 unspecified atom stereocenters. The van der Waals surface area contributed by atoms with Gasteiger partial charge in [-0.25, -0.2) is 9.67 Å². The molecule has 4 heterocycles. The Balaban J connectivity index is 1.82. The Morgan fingerprint density at radius 2 is 2.14 bits per heavy atom. The summed E-state index contributed by atoms with van der Waals surface area (Å²) in [6.07, 6.45) is 3.52. The minimum atomic E-state index is -0.510. The first-order valence-corrected chi connectivity index (χ1v) is 9.61. The van der Waals surface area contributed by atoms with Crippen LogP contribution in [0.1, 0.15) is 24.2 Å². The molecule has 1 saturated heterocycles. The van der Waals surface area contributed by atoms with E-state index in [1.165, 1.54) is 0 Å². The van der Waals surface area contributed by atoms with E-state index in [1.807, 2.05) is 30.9 Å². The third-order valence-electron chi connectivity index (χ3n) is 4.94. The Labute approximate surface area is 168 Å². The number of pyridine rings is 1. The van der Waals surface area contributed by atoms with Crippen LogP contribution in [-0.2, 0) is 4.74 Å². The van der Waals surface area contributed by atoms with Crippen molar-refractivity contribution in [1.29, 1.82) is 0 Å². The van der Waals surface area contributed by atoms with E-state index in [4.69, 9.17) is 4.74 Å². The molecule has 1 aliphatic heterocycles. The molecule has 9 heteroatoms. The van der Waals surface area contributed by atoms with E-state index in [2.05, 4.69) is 25.4 Å². The summed E-state index contributed by atoms with van der Waals surface area (Å²) >= 11 is 0. The van der Waals surface area contributed by atoms with Crippen LogP contribution in [0.25, 0.3) is 5.95 Å². The highest BCUT2D eigenvalue weighted by Gasteiger charge is 2.30. The maximum atomic E-state index is 15.5. The van der Waals surface area contributed by atoms with Crippen LogP contribution in [0.4, 0.5) is 21.8 Å². The first kappa shape index (κ1) is 19.3. The standard InChI is InChI=1S/C20H24FN7O/c1-13-11-14(2)28(26-13)20-24-18(23-16-8-4-5-9-22-16)17(21)19(25-20)27-10-6-7-15(27)12-29-3/h4-5,8-9,11,15H,6-7,10,12H2,1-3H3,(H,22,23,24,25)/t15-/m1/s1. The highest BCUT2D eigenvalue weighted by molar-refractivity contribution is 5.60. The first-order valence-electron chi connectivity index (χ1n) is 9.61. The highest BCUT2D eigenvalue weighted by atomic mass is 19.1. The number of nitrogens with zero attached hydrogens (tertiary/aromatic N) is 6. The van der Waals surface area contributed by atoms with Gasteiger partial charge >= 0.3 is 0 Å². The van der Waals surface area contributed by atoms with Crippen LogP contribution in [0.3, 0.4) is 0 Å². The molecule has 0 saturated carbocycles. The lowest BCUT2D eigenvalue weighted by Gasteiger charge is -2.26. The lowest BCUT2D eigenvalue weighted by molar-refractivity contribution is 0.180. The van der Waals surface area contributed by atoms with E-state index in [9.17, 15) is 0 Å². The fourth-order valence-corrected chi connectivity index (χ4v) is 3.66. The van der Waals surface area contributed by atoms with Crippen molar-refractivity contribution in [3.05, 3.63) is 47.7 Å². The van der Waals surface area contributed by atoms with Gasteiger partial charge in [-0.2, -0.15) is 19.5 Å². The number of aromatic nitrogens is 5. The Bertz CT molecular complexity index is 992. The zero-order valence-electron chi connectivity index (χ0n) is 16.8. The molecule has 3 aromatic rings. The zero-order chi connectivity index (χ0) is 20.4. The summed E-state index contributed by atoms with van der Waals surface area (Å²) in [4.78, 5) is 15.2. The average molecular weight is 397 g/mol. The van der Waals surface area contributed by atoms with Crippen LogP contribution < -0.4 is 10.2 Å². The van der Waals surface area contributed by atoms with Crippen LogP contribution in [0.2, 0.25) is 0 Å². The van der Waals surface area contributed by atoms with Crippen LogP contribution in [0.5, 0.6) is 0 Å². The highest BCUT2D eigenvalue weighted by Crippen LogP contribution is 2.31. The predicted molar refractivity (Wildman–Crippen MR) is 108 cm³/mol. The third kappa shape index (κ3) is 3.91. The molecule has 0 bridgehead atoms. The zero-order valence-corrected chi connectivity index (χ0v) is 16.8. The maximum Gasteiger partial charge on any atom is 0.254 e. The van der Waals surface area contributed by atoms with Crippen LogP contribution in [-0.4, -0.2) is 51.0 Å². The molecule has 152 valence electrons. The van der Waals surface area contributed by atoms with Crippen molar-refractivity contribution in [2.75, 3.05) is 30.5 Å². The van der Waals surface area contributed by atoms with Crippen molar-refractivity contribution >= 4 is 17.5 Å². The number of aryl methyl sites for hydroxylation is 2. The largest absolute Gasteiger partial charge is 0.383 e. The van der Waals surface area contributed by atoms with E-state index in [0.29, 0.717) is 24.9 Å². The molecule has 1 fully saturated rings. The number of hydrogen-bond donors (Lipinski definition) is 1. The number of halogens is 1. The van der Waals surface area contributed by atoms with Gasteiger partial charge in [-0.15, -0.1) is 0 Å². The molecule has 29 heavy (non-hydrogen) atoms. The van der Waals surface area contributed by atoms with Gasteiger partial charge in [-0.3, -0.25) is 0 Å². The summed E-state index contributed by atoms with van der Waals surface area (Å²) in [6.45, 7) is 5.04. The molecule has 1 aliphatic rings. The smallest absolute Gasteiger partial charge is 0.254 e. The molecule has 0 aliphatic carbocycles. The topological polar surface area (TPSA) is 81.0 Å². The third-order valence-corrected chi connectivity index (χ3v) is 4.94. The van der Waals surface area contributed by atoms with Crippen LogP contribution in [0, 0.1) is 19.7 Å². The minimum Gasteiger partial charge on any atom is -0.383 e. The molecule has 1 N–H and O–H groups in total. The molecule has 8 nitrogen and oxygen atoms in total. The molecule has 4 rings (SSSR count). The summed E-state index contributed by atoms with van der Waals surface area (Å²) in [7, 11) is 1.65. The van der Waals surface area contributed by atoms with Gasteiger partial charge in [0.1, 0.15) is 5.82 Å². The van der Waals surface area contributed by atoms with Crippen molar-refractivity contribution in [2.24, 2.45) is 0 Å². The van der Waals surface area contributed by atoms with Gasteiger partial charge in [0.15, 0.2) is 11.6 Å². The Kier molecular flexibility index (Phi) is 5.39. The average Bonchev–Trinajstić information content (AvgIpc) is 3.30. The van der Waals surface area contributed by atoms with Gasteiger partial charge in [-0.05, 0) is 44.9 Å². The first-order chi connectivity index (χ1) is 14.1. The minimum absolute atomic E-state index is 0.0688. The summed E-state index contributed by atoms with van der Waals surface area (Å²) in [5.41, 5.74) is 1.72. The number of anilines is 3. The number of hydrogen-bond acceptors (Lipinski definition) is 7. The van der Waals surface area contributed by atoms with Gasteiger partial charge in [0.25, 0.3) is 5.95 Å². The number of ether oxygens (including phenoxy) is 1. The summed E-state index contributed by atoms with van der Waals surface area (Å²) in [6, 6.07) is 7.39. The Hall–Kier alpha value is -3.07. The van der Waals surface area contributed by atoms with Crippen molar-refractivity contribution in [2.45, 2.75) is 32.7 Å². The Morgan fingerprint density at radius 1 is 1.28 bits per heavy atom. The van der Waals surface area contributed by atoms with Gasteiger partial charge in [-0.1, -0.05) is 6.07 Å². The van der Waals surface area contributed by atoms with Gasteiger partial charge in [0, 0.05) is 25.5 Å². The molecule has 1 atom stereocenters. The number of nitrogens with one attached hydrogen (secondary N) is 1. The van der Waals surface area contributed by atoms with E-state index in [1.54, 1.807) is 30.1 Å². The quantitative estimate of drug-likeness (QED) is 0.684. The normalized spacial score (nSPS) is 16.4. The van der Waals surface area contributed by atoms with Gasteiger partial charge in [0.2, 0.25) is 5.82 Å². The van der Waals surface area contributed by atoms with E-state index in [0.717, 1.165) is 24.2 Å². The van der Waals surface area contributed by atoms with Crippen LogP contribution >= 0.6 is 0 Å². The monoisotopic (exact) mass is 397 g/mol. The van der Waals surface area contributed by atoms with Gasteiger partial charge < -0.3 is 15.0 Å². The molecule has 0 amide bonds. The van der Waals surface area contributed by atoms with Crippen molar-refractivity contribution in [3.8, 4) is 5.95 Å². The SMILES string of the molecule is COC[C@H]1CCCN1c1nc(-n2nc(C)cc2C)nc(Nc2ccccn2)c1F. The predicted octanol–water partition coefficient (Wildman–Crippen LogP) is 3.17. The maximum absolute atomic E-state index is 15.5. The molecule has 0 radical (unpaired) electrons. The molecule has 0 spiro atoms. The second-order valence-electron chi connectivity index (χ2n) is 7.13. The summed E-state index contributed by atoms with van der Waals surface area (Å²) in [5, 5.41) is 7.45. The second-order valence-corrected chi connectivity index (χ2v) is 7.13.